The maximum Gasteiger partial charge on any atom is 0.416 e. The van der Waals surface area contributed by atoms with Crippen molar-refractivity contribution in [1.82, 2.24) is 9.97 Å². The average molecular weight is 372 g/mol. The van der Waals surface area contributed by atoms with Gasteiger partial charge in [0, 0.05) is 24.5 Å². The summed E-state index contributed by atoms with van der Waals surface area (Å²) in [6.07, 6.45) is 0.465. The molecule has 3 rings (SSSR count). The first-order valence-corrected chi connectivity index (χ1v) is 7.99. The van der Waals surface area contributed by atoms with E-state index in [2.05, 4.69) is 20.6 Å². The molecule has 0 atom stereocenters. The van der Waals surface area contributed by atoms with Gasteiger partial charge in [-0.05, 0) is 48.0 Å². The molecule has 8 heteroatoms. The standard InChI is InChI=1S/C19H15F3N4O/c20-19(21,22)15-5-3-14(4-6-15)18(27)26-16-7-8-17(25-12-16)24-11-13-2-1-9-23-10-13/h1-10,12H,11H2,(H,24,25)(H,26,27). The minimum atomic E-state index is -4.43. The summed E-state index contributed by atoms with van der Waals surface area (Å²) < 4.78 is 37.7. The van der Waals surface area contributed by atoms with Crippen LogP contribution in [0.4, 0.5) is 24.7 Å². The predicted molar refractivity (Wildman–Crippen MR) is 95.2 cm³/mol. The fourth-order valence-electron chi connectivity index (χ4n) is 2.28. The lowest BCUT2D eigenvalue weighted by atomic mass is 10.1. The van der Waals surface area contributed by atoms with E-state index in [0.29, 0.717) is 18.1 Å². The molecule has 2 aromatic heterocycles. The first-order chi connectivity index (χ1) is 12.9. The van der Waals surface area contributed by atoms with E-state index in [9.17, 15) is 18.0 Å². The van der Waals surface area contributed by atoms with Crippen LogP contribution >= 0.6 is 0 Å². The largest absolute Gasteiger partial charge is 0.416 e. The van der Waals surface area contributed by atoms with E-state index >= 15 is 0 Å². The second-order valence-electron chi connectivity index (χ2n) is 5.68. The van der Waals surface area contributed by atoms with Crippen LogP contribution in [0.2, 0.25) is 0 Å². The molecule has 0 spiro atoms. The second kappa shape index (κ2) is 7.86. The Morgan fingerprint density at radius 2 is 1.78 bits per heavy atom. The lowest BCUT2D eigenvalue weighted by molar-refractivity contribution is -0.137. The lowest BCUT2D eigenvalue weighted by Gasteiger charge is -2.09. The van der Waals surface area contributed by atoms with E-state index in [4.69, 9.17) is 0 Å². The zero-order valence-corrected chi connectivity index (χ0v) is 14.0. The van der Waals surface area contributed by atoms with Crippen LogP contribution in [0.15, 0.2) is 67.1 Å². The smallest absolute Gasteiger partial charge is 0.366 e. The van der Waals surface area contributed by atoms with Crippen molar-refractivity contribution >= 4 is 17.4 Å². The van der Waals surface area contributed by atoms with Gasteiger partial charge in [0.15, 0.2) is 0 Å². The molecule has 27 heavy (non-hydrogen) atoms. The van der Waals surface area contributed by atoms with Crippen molar-refractivity contribution in [3.63, 3.8) is 0 Å². The number of anilines is 2. The third kappa shape index (κ3) is 5.04. The van der Waals surface area contributed by atoms with Gasteiger partial charge in [0.25, 0.3) is 5.91 Å². The van der Waals surface area contributed by atoms with Gasteiger partial charge in [0.2, 0.25) is 0 Å². The molecule has 1 aromatic carbocycles. The monoisotopic (exact) mass is 372 g/mol. The molecule has 0 aliphatic heterocycles. The molecule has 0 bridgehead atoms. The number of rotatable bonds is 5. The molecule has 138 valence electrons. The van der Waals surface area contributed by atoms with E-state index in [1.54, 1.807) is 24.5 Å². The highest BCUT2D eigenvalue weighted by Crippen LogP contribution is 2.29. The minimum Gasteiger partial charge on any atom is -0.366 e. The third-order valence-corrected chi connectivity index (χ3v) is 3.69. The van der Waals surface area contributed by atoms with Crippen LogP contribution in [0.1, 0.15) is 21.5 Å². The van der Waals surface area contributed by atoms with E-state index in [1.165, 1.54) is 6.20 Å². The van der Waals surface area contributed by atoms with Crippen LogP contribution in [0.3, 0.4) is 0 Å². The summed E-state index contributed by atoms with van der Waals surface area (Å²) in [6, 6.07) is 11.1. The summed E-state index contributed by atoms with van der Waals surface area (Å²) >= 11 is 0. The van der Waals surface area contributed by atoms with Crippen molar-refractivity contribution in [2.75, 3.05) is 10.6 Å². The Bertz CT molecular complexity index is 895. The molecule has 0 radical (unpaired) electrons. The Balaban J connectivity index is 1.58. The summed E-state index contributed by atoms with van der Waals surface area (Å²) in [5, 5.41) is 5.72. The Labute approximate surface area is 153 Å². The van der Waals surface area contributed by atoms with Crippen molar-refractivity contribution in [3.05, 3.63) is 83.8 Å². The van der Waals surface area contributed by atoms with Crippen molar-refractivity contribution in [2.24, 2.45) is 0 Å². The highest BCUT2D eigenvalue weighted by Gasteiger charge is 2.30. The van der Waals surface area contributed by atoms with Crippen molar-refractivity contribution < 1.29 is 18.0 Å². The van der Waals surface area contributed by atoms with Gasteiger partial charge in [-0.2, -0.15) is 13.2 Å². The fourth-order valence-corrected chi connectivity index (χ4v) is 2.28. The second-order valence-corrected chi connectivity index (χ2v) is 5.68. The molecule has 0 aliphatic carbocycles. The molecule has 2 heterocycles. The van der Waals surface area contributed by atoms with E-state index < -0.39 is 17.6 Å². The first-order valence-electron chi connectivity index (χ1n) is 7.99. The van der Waals surface area contributed by atoms with Crippen molar-refractivity contribution in [1.29, 1.82) is 0 Å². The van der Waals surface area contributed by atoms with Gasteiger partial charge < -0.3 is 10.6 Å². The Morgan fingerprint density at radius 3 is 2.37 bits per heavy atom. The Morgan fingerprint density at radius 1 is 1.00 bits per heavy atom. The number of hydrogen-bond acceptors (Lipinski definition) is 4. The molecular formula is C19H15F3N4O. The fraction of sp³-hybridized carbons (Fsp3) is 0.105. The number of nitrogens with one attached hydrogen (secondary N) is 2. The predicted octanol–water partition coefficient (Wildman–Crippen LogP) is 4.36. The van der Waals surface area contributed by atoms with Gasteiger partial charge >= 0.3 is 6.18 Å². The lowest BCUT2D eigenvalue weighted by Crippen LogP contribution is -2.13. The molecule has 3 aromatic rings. The highest BCUT2D eigenvalue weighted by molar-refractivity contribution is 6.04. The number of aromatic nitrogens is 2. The summed E-state index contributed by atoms with van der Waals surface area (Å²) in [4.78, 5) is 20.3. The molecule has 0 saturated carbocycles. The normalized spacial score (nSPS) is 11.1. The van der Waals surface area contributed by atoms with Gasteiger partial charge in [0.1, 0.15) is 5.82 Å². The number of halogens is 3. The average Bonchev–Trinajstić information content (AvgIpc) is 2.68. The van der Waals surface area contributed by atoms with Gasteiger partial charge in [-0.1, -0.05) is 6.07 Å². The molecule has 0 unspecified atom stereocenters. The summed E-state index contributed by atoms with van der Waals surface area (Å²) in [6.45, 7) is 0.554. The van der Waals surface area contributed by atoms with Gasteiger partial charge in [-0.3, -0.25) is 9.78 Å². The van der Waals surface area contributed by atoms with Crippen LogP contribution in [-0.4, -0.2) is 15.9 Å². The number of nitrogens with zero attached hydrogens (tertiary/aromatic N) is 2. The Hall–Kier alpha value is -3.42. The minimum absolute atomic E-state index is 0.127. The SMILES string of the molecule is O=C(Nc1ccc(NCc2cccnc2)nc1)c1ccc(C(F)(F)F)cc1. The molecule has 2 N–H and O–H groups in total. The Kier molecular flexibility index (Phi) is 5.35. The van der Waals surface area contributed by atoms with Crippen LogP contribution in [0.5, 0.6) is 0 Å². The number of pyridine rings is 2. The van der Waals surface area contributed by atoms with Crippen molar-refractivity contribution in [3.8, 4) is 0 Å². The summed E-state index contributed by atoms with van der Waals surface area (Å²) in [5.41, 5.74) is 0.761. The zero-order chi connectivity index (χ0) is 19.3. The molecule has 0 saturated heterocycles. The number of hydrogen-bond donors (Lipinski definition) is 2. The van der Waals surface area contributed by atoms with E-state index in [0.717, 1.165) is 29.8 Å². The van der Waals surface area contributed by atoms with Gasteiger partial charge in [-0.25, -0.2) is 4.98 Å². The van der Waals surface area contributed by atoms with Crippen LogP contribution in [0, 0.1) is 0 Å². The number of amides is 1. The quantitative estimate of drug-likeness (QED) is 0.698. The third-order valence-electron chi connectivity index (χ3n) is 3.69. The number of carbonyl (C=O) groups excluding carboxylic acids is 1. The highest BCUT2D eigenvalue weighted by atomic mass is 19.4. The molecule has 1 amide bonds. The zero-order valence-electron chi connectivity index (χ0n) is 14.0. The van der Waals surface area contributed by atoms with E-state index in [1.807, 2.05) is 12.1 Å². The first kappa shape index (κ1) is 18.4. The maximum atomic E-state index is 12.6. The molecular weight excluding hydrogens is 357 g/mol. The molecule has 5 nitrogen and oxygen atoms in total. The molecule has 0 aliphatic rings. The number of alkyl halides is 3. The number of benzene rings is 1. The topological polar surface area (TPSA) is 66.9 Å². The van der Waals surface area contributed by atoms with Crippen LogP contribution in [0.25, 0.3) is 0 Å². The number of carbonyl (C=O) groups is 1. The summed E-state index contributed by atoms with van der Waals surface area (Å²) in [5.74, 6) is 0.105. The van der Waals surface area contributed by atoms with Crippen molar-refractivity contribution in [2.45, 2.75) is 12.7 Å². The summed E-state index contributed by atoms with van der Waals surface area (Å²) in [7, 11) is 0. The maximum absolute atomic E-state index is 12.6. The van der Waals surface area contributed by atoms with E-state index in [-0.39, 0.29) is 5.56 Å². The van der Waals surface area contributed by atoms with Gasteiger partial charge in [-0.15, -0.1) is 0 Å². The van der Waals surface area contributed by atoms with Gasteiger partial charge in [0.05, 0.1) is 17.4 Å². The van der Waals surface area contributed by atoms with Crippen LogP contribution < -0.4 is 10.6 Å². The van der Waals surface area contributed by atoms with Crippen LogP contribution in [-0.2, 0) is 12.7 Å². The molecule has 0 fully saturated rings.